The molecule has 0 bridgehead atoms. The third-order valence-electron chi connectivity index (χ3n) is 5.03. The van der Waals surface area contributed by atoms with Crippen molar-refractivity contribution >= 4 is 38.3 Å². The summed E-state index contributed by atoms with van der Waals surface area (Å²) < 4.78 is 17.1. The van der Waals surface area contributed by atoms with Crippen LogP contribution in [0.2, 0.25) is 0 Å². The third kappa shape index (κ3) is 4.66. The zero-order chi connectivity index (χ0) is 20.9. The summed E-state index contributed by atoms with van der Waals surface area (Å²) >= 11 is 1.65. The number of hydrogen-bond donors (Lipinski definition) is 1. The van der Waals surface area contributed by atoms with Gasteiger partial charge in [0.2, 0.25) is 5.91 Å². The number of nitrogens with zero attached hydrogens (tertiary/aromatic N) is 2. The summed E-state index contributed by atoms with van der Waals surface area (Å²) in [5.74, 6) is 1.32. The van der Waals surface area contributed by atoms with E-state index < -0.39 is 0 Å². The van der Waals surface area contributed by atoms with Gasteiger partial charge in [0.25, 0.3) is 0 Å². The number of thiazole rings is 1. The predicted octanol–water partition coefficient (Wildman–Crippen LogP) is 3.72. The normalized spacial score (nSPS) is 14.0. The van der Waals surface area contributed by atoms with Crippen LogP contribution in [0.4, 0.5) is 10.8 Å². The molecule has 8 heteroatoms. The molecule has 30 heavy (non-hydrogen) atoms. The van der Waals surface area contributed by atoms with Gasteiger partial charge in [-0.05, 0) is 42.3 Å². The maximum atomic E-state index is 12.5. The predicted molar refractivity (Wildman–Crippen MR) is 119 cm³/mol. The number of morpholine rings is 1. The fourth-order valence-electron chi connectivity index (χ4n) is 3.40. The minimum Gasteiger partial charge on any atom is -0.493 e. The molecule has 0 saturated carbocycles. The van der Waals surface area contributed by atoms with Gasteiger partial charge in [-0.2, -0.15) is 0 Å². The van der Waals surface area contributed by atoms with E-state index in [1.54, 1.807) is 25.6 Å². The highest BCUT2D eigenvalue weighted by molar-refractivity contribution is 7.22. The highest BCUT2D eigenvalue weighted by Gasteiger charge is 2.16. The van der Waals surface area contributed by atoms with Crippen LogP contribution in [0, 0.1) is 0 Å². The van der Waals surface area contributed by atoms with Crippen molar-refractivity contribution < 1.29 is 19.0 Å². The lowest BCUT2D eigenvalue weighted by atomic mass is 10.1. The molecule has 3 aromatic rings. The van der Waals surface area contributed by atoms with Gasteiger partial charge in [-0.3, -0.25) is 4.79 Å². The van der Waals surface area contributed by atoms with E-state index in [9.17, 15) is 4.79 Å². The van der Waals surface area contributed by atoms with Crippen molar-refractivity contribution in [2.24, 2.45) is 0 Å². The van der Waals surface area contributed by atoms with Gasteiger partial charge in [0.05, 0.1) is 37.6 Å². The van der Waals surface area contributed by atoms with Crippen molar-refractivity contribution in [1.29, 1.82) is 0 Å². The topological polar surface area (TPSA) is 72.9 Å². The lowest BCUT2D eigenvalue weighted by molar-refractivity contribution is -0.116. The maximum Gasteiger partial charge on any atom is 0.224 e. The summed E-state index contributed by atoms with van der Waals surface area (Å²) in [4.78, 5) is 19.4. The van der Waals surface area contributed by atoms with Crippen LogP contribution in [0.25, 0.3) is 10.2 Å². The number of aromatic nitrogens is 1. The molecule has 1 aliphatic heterocycles. The molecule has 1 aliphatic rings. The molecule has 1 saturated heterocycles. The number of anilines is 2. The molecule has 1 fully saturated rings. The van der Waals surface area contributed by atoms with Gasteiger partial charge in [-0.1, -0.05) is 17.4 Å². The summed E-state index contributed by atoms with van der Waals surface area (Å²) in [6.45, 7) is 3.19. The van der Waals surface area contributed by atoms with E-state index in [4.69, 9.17) is 19.2 Å². The van der Waals surface area contributed by atoms with Gasteiger partial charge in [0, 0.05) is 25.2 Å². The summed E-state index contributed by atoms with van der Waals surface area (Å²) in [5, 5.41) is 4.00. The van der Waals surface area contributed by atoms with Gasteiger partial charge in [0.15, 0.2) is 16.6 Å². The number of fused-ring (bicyclic) bond motifs is 1. The van der Waals surface area contributed by atoms with Gasteiger partial charge in [-0.15, -0.1) is 0 Å². The lowest BCUT2D eigenvalue weighted by Crippen LogP contribution is -2.36. The van der Waals surface area contributed by atoms with Crippen molar-refractivity contribution in [3.63, 3.8) is 0 Å². The maximum absolute atomic E-state index is 12.5. The molecular formula is C22H25N3O4S. The fourth-order valence-corrected chi connectivity index (χ4v) is 4.45. The summed E-state index contributed by atoms with van der Waals surface area (Å²) in [7, 11) is 3.21. The Balaban J connectivity index is 1.38. The van der Waals surface area contributed by atoms with Crippen molar-refractivity contribution in [2.75, 3.05) is 50.7 Å². The summed E-state index contributed by atoms with van der Waals surface area (Å²) in [6.07, 6.45) is 1.01. The fraction of sp³-hybridized carbons (Fsp3) is 0.364. The van der Waals surface area contributed by atoms with Crippen LogP contribution in [0.5, 0.6) is 11.5 Å². The van der Waals surface area contributed by atoms with Crippen molar-refractivity contribution in [1.82, 2.24) is 4.98 Å². The third-order valence-corrected chi connectivity index (χ3v) is 6.11. The number of nitrogens with one attached hydrogen (secondary N) is 1. The van der Waals surface area contributed by atoms with Crippen molar-refractivity contribution in [2.45, 2.75) is 12.8 Å². The first kappa shape index (κ1) is 20.4. The van der Waals surface area contributed by atoms with Crippen LogP contribution in [0.15, 0.2) is 36.4 Å². The van der Waals surface area contributed by atoms with Gasteiger partial charge in [-0.25, -0.2) is 4.98 Å². The number of carbonyl (C=O) groups is 1. The number of ether oxygens (including phenoxy) is 3. The molecule has 0 atom stereocenters. The zero-order valence-electron chi connectivity index (χ0n) is 17.1. The number of benzene rings is 2. The molecule has 7 nitrogen and oxygen atoms in total. The number of carbonyl (C=O) groups excluding carboxylic acids is 1. The molecule has 1 aromatic heterocycles. The monoisotopic (exact) mass is 427 g/mol. The van der Waals surface area contributed by atoms with Crippen LogP contribution in [-0.2, 0) is 16.0 Å². The average molecular weight is 428 g/mol. The Labute approximate surface area is 179 Å². The standard InChI is InChI=1S/C22H25N3O4S/c1-27-18-7-3-15(13-19(18)28-2)4-8-21(26)23-16-5-6-17-20(14-16)30-22(24-17)25-9-11-29-12-10-25/h3,5-7,13-14H,4,8-12H2,1-2H3,(H,23,26). The molecule has 158 valence electrons. The van der Waals surface area contributed by atoms with Gasteiger partial charge >= 0.3 is 0 Å². The van der Waals surface area contributed by atoms with E-state index in [0.717, 1.165) is 52.9 Å². The SMILES string of the molecule is COc1ccc(CCC(=O)Nc2ccc3nc(N4CCOCC4)sc3c2)cc1OC. The first-order chi connectivity index (χ1) is 14.7. The Morgan fingerprint density at radius 3 is 2.70 bits per heavy atom. The second-order valence-corrected chi connectivity index (χ2v) is 8.02. The smallest absolute Gasteiger partial charge is 0.224 e. The van der Waals surface area contributed by atoms with E-state index in [1.165, 1.54) is 0 Å². The highest BCUT2D eigenvalue weighted by atomic mass is 32.1. The highest BCUT2D eigenvalue weighted by Crippen LogP contribution is 2.31. The number of aryl methyl sites for hydroxylation is 1. The largest absolute Gasteiger partial charge is 0.493 e. The van der Waals surface area contributed by atoms with Gasteiger partial charge < -0.3 is 24.4 Å². The Hall–Kier alpha value is -2.84. The number of amides is 1. The number of rotatable bonds is 7. The Bertz CT molecular complexity index is 1030. The summed E-state index contributed by atoms with van der Waals surface area (Å²) in [5.41, 5.74) is 2.76. The first-order valence-corrected chi connectivity index (χ1v) is 10.7. The van der Waals surface area contributed by atoms with Crippen LogP contribution in [0.3, 0.4) is 0 Å². The Morgan fingerprint density at radius 1 is 1.13 bits per heavy atom. The molecule has 2 heterocycles. The van der Waals surface area contributed by atoms with E-state index in [0.29, 0.717) is 24.3 Å². The lowest BCUT2D eigenvalue weighted by Gasteiger charge is -2.25. The van der Waals surface area contributed by atoms with Crippen LogP contribution in [-0.4, -0.2) is 51.4 Å². The molecular weight excluding hydrogens is 402 g/mol. The quantitative estimate of drug-likeness (QED) is 0.620. The molecule has 1 amide bonds. The number of hydrogen-bond acceptors (Lipinski definition) is 7. The van der Waals surface area contributed by atoms with Crippen LogP contribution in [0.1, 0.15) is 12.0 Å². The van der Waals surface area contributed by atoms with Crippen molar-refractivity contribution in [3.05, 3.63) is 42.0 Å². The van der Waals surface area contributed by atoms with Crippen LogP contribution >= 0.6 is 11.3 Å². The second kappa shape index (κ2) is 9.32. The molecule has 0 aliphatic carbocycles. The minimum absolute atomic E-state index is 0.0259. The molecule has 0 unspecified atom stereocenters. The van der Waals surface area contributed by atoms with Crippen molar-refractivity contribution in [3.8, 4) is 11.5 Å². The van der Waals surface area contributed by atoms with E-state index in [-0.39, 0.29) is 5.91 Å². The van der Waals surface area contributed by atoms with Gasteiger partial charge in [0.1, 0.15) is 0 Å². The molecule has 2 aromatic carbocycles. The Morgan fingerprint density at radius 2 is 1.93 bits per heavy atom. The number of methoxy groups -OCH3 is 2. The second-order valence-electron chi connectivity index (χ2n) is 7.02. The van der Waals surface area contributed by atoms with Crippen LogP contribution < -0.4 is 19.7 Å². The average Bonchev–Trinajstić information content (AvgIpc) is 3.21. The minimum atomic E-state index is -0.0259. The zero-order valence-corrected chi connectivity index (χ0v) is 18.0. The first-order valence-electron chi connectivity index (χ1n) is 9.90. The molecule has 4 rings (SSSR count). The Kier molecular flexibility index (Phi) is 6.35. The molecule has 0 spiro atoms. The molecule has 1 N–H and O–H groups in total. The van der Waals surface area contributed by atoms with E-state index >= 15 is 0 Å². The molecule has 0 radical (unpaired) electrons. The van der Waals surface area contributed by atoms with E-state index in [1.807, 2.05) is 36.4 Å². The summed E-state index contributed by atoms with van der Waals surface area (Å²) in [6, 6.07) is 11.6. The van der Waals surface area contributed by atoms with E-state index in [2.05, 4.69) is 10.2 Å².